The smallest absolute Gasteiger partial charge is 0.193 e. The van der Waals surface area contributed by atoms with Crippen molar-refractivity contribution >= 4 is 17.3 Å². The second-order valence-corrected chi connectivity index (χ2v) is 13.6. The van der Waals surface area contributed by atoms with E-state index in [4.69, 9.17) is 15.2 Å². The number of ether oxygens (including phenoxy) is 2. The van der Waals surface area contributed by atoms with Gasteiger partial charge in [0, 0.05) is 34.4 Å². The van der Waals surface area contributed by atoms with E-state index >= 15 is 0 Å². The van der Waals surface area contributed by atoms with Crippen molar-refractivity contribution in [3.8, 4) is 5.75 Å². The first-order valence-corrected chi connectivity index (χ1v) is 15.3. The summed E-state index contributed by atoms with van der Waals surface area (Å²) in [6.07, 6.45) is 5.96. The number of benzene rings is 2. The van der Waals surface area contributed by atoms with Crippen LogP contribution in [0.1, 0.15) is 62.5 Å². The van der Waals surface area contributed by atoms with Crippen molar-refractivity contribution in [1.82, 2.24) is 0 Å². The molecular weight excluding hydrogens is 546 g/mol. The lowest BCUT2D eigenvalue weighted by Crippen LogP contribution is -2.63. The lowest BCUT2D eigenvalue weighted by molar-refractivity contribution is -0.201. The molecular formula is C35H39NO7. The van der Waals surface area contributed by atoms with E-state index in [0.29, 0.717) is 30.5 Å². The molecule has 8 heteroatoms. The number of nitrogens with two attached hydrogens (primary N) is 1. The molecule has 4 aliphatic carbocycles. The third-order valence-corrected chi connectivity index (χ3v) is 11.5. The van der Waals surface area contributed by atoms with Gasteiger partial charge in [0.2, 0.25) is 0 Å². The van der Waals surface area contributed by atoms with Crippen molar-refractivity contribution < 1.29 is 34.4 Å². The van der Waals surface area contributed by atoms with Crippen molar-refractivity contribution in [2.45, 2.75) is 70.1 Å². The molecule has 5 N–H and O–H groups in total. The number of hydrogen-bond acceptors (Lipinski definition) is 8. The maximum absolute atomic E-state index is 13.7. The number of aromatic hydroxyl groups is 1. The number of Topliss-reactive ketones (excluding diaryl/α,β-unsaturated/α-hetero) is 1. The molecule has 9 atom stereocenters. The number of fused-ring (bicyclic) bond motifs is 7. The van der Waals surface area contributed by atoms with Gasteiger partial charge in [-0.3, -0.25) is 9.59 Å². The van der Waals surface area contributed by atoms with Crippen LogP contribution in [0.3, 0.4) is 0 Å². The van der Waals surface area contributed by atoms with E-state index in [1.165, 1.54) is 0 Å². The molecule has 0 bridgehead atoms. The molecule has 1 saturated heterocycles. The molecule has 4 fully saturated rings. The number of phenolic OH excluding ortho intramolecular Hbond substituents is 1. The number of anilines is 1. The second-order valence-electron chi connectivity index (χ2n) is 13.6. The largest absolute Gasteiger partial charge is 0.508 e. The van der Waals surface area contributed by atoms with Crippen LogP contribution < -0.4 is 5.73 Å². The van der Waals surface area contributed by atoms with Crippen LogP contribution in [0, 0.1) is 28.6 Å². The number of allylic oxidation sites excluding steroid dienone is 4. The number of aliphatic hydroxyl groups is 2. The fourth-order valence-corrected chi connectivity index (χ4v) is 9.63. The van der Waals surface area contributed by atoms with Crippen LogP contribution in [0.25, 0.3) is 0 Å². The third kappa shape index (κ3) is 4.03. The topological polar surface area (TPSA) is 139 Å². The molecule has 7 rings (SSSR count). The average Bonchev–Trinajstić information content (AvgIpc) is 3.47. The van der Waals surface area contributed by atoms with E-state index in [1.54, 1.807) is 18.2 Å². The Labute approximate surface area is 251 Å². The first-order valence-electron chi connectivity index (χ1n) is 15.3. The quantitative estimate of drug-likeness (QED) is 0.384. The summed E-state index contributed by atoms with van der Waals surface area (Å²) >= 11 is 0. The number of rotatable bonds is 5. The molecule has 5 aliphatic rings. The average molecular weight is 586 g/mol. The van der Waals surface area contributed by atoms with E-state index in [0.717, 1.165) is 29.5 Å². The normalized spacial score (nSPS) is 39.4. The van der Waals surface area contributed by atoms with Crippen LogP contribution in [0.15, 0.2) is 66.3 Å². The highest BCUT2D eigenvalue weighted by Crippen LogP contribution is 2.70. The van der Waals surface area contributed by atoms with Crippen molar-refractivity contribution in [3.05, 3.63) is 83.0 Å². The maximum atomic E-state index is 13.7. The van der Waals surface area contributed by atoms with E-state index in [1.807, 2.05) is 49.4 Å². The SMILES string of the molecule is C[C@]12C=CC(=O)C=C1CC[C@@H]1[C@@H]2[C@@H](O)C[C@@]2(C)[C@H]1C[C@H]1O[C@@H](c3ccc(Cc4cccc(N)c4)c(O)c3)O[C@]12C(=O)CO. The van der Waals surface area contributed by atoms with Crippen LogP contribution in [0.4, 0.5) is 5.69 Å². The molecule has 43 heavy (non-hydrogen) atoms. The van der Waals surface area contributed by atoms with Gasteiger partial charge in [-0.2, -0.15) is 0 Å². The molecule has 8 nitrogen and oxygen atoms in total. The van der Waals surface area contributed by atoms with Crippen LogP contribution in [0.5, 0.6) is 5.75 Å². The van der Waals surface area contributed by atoms with Gasteiger partial charge in [0.1, 0.15) is 12.4 Å². The first-order chi connectivity index (χ1) is 20.5. The molecule has 2 aromatic carbocycles. The van der Waals surface area contributed by atoms with Gasteiger partial charge in [0.25, 0.3) is 0 Å². The monoisotopic (exact) mass is 585 g/mol. The Morgan fingerprint density at radius 3 is 2.72 bits per heavy atom. The zero-order valence-electron chi connectivity index (χ0n) is 24.5. The number of hydrogen-bond donors (Lipinski definition) is 4. The third-order valence-electron chi connectivity index (χ3n) is 11.5. The molecule has 1 heterocycles. The molecule has 0 unspecified atom stereocenters. The summed E-state index contributed by atoms with van der Waals surface area (Å²) in [5.41, 5.74) is 7.26. The van der Waals surface area contributed by atoms with Crippen molar-refractivity contribution in [3.63, 3.8) is 0 Å². The Kier molecular flexibility index (Phi) is 6.53. The molecule has 2 aromatic rings. The van der Waals surface area contributed by atoms with E-state index in [9.17, 15) is 24.9 Å². The predicted molar refractivity (Wildman–Crippen MR) is 159 cm³/mol. The minimum atomic E-state index is -1.44. The predicted octanol–water partition coefficient (Wildman–Crippen LogP) is 4.17. The van der Waals surface area contributed by atoms with E-state index in [2.05, 4.69) is 6.92 Å². The molecule has 0 spiro atoms. The van der Waals surface area contributed by atoms with Gasteiger partial charge in [-0.25, -0.2) is 0 Å². The van der Waals surface area contributed by atoms with Gasteiger partial charge in [0.05, 0.1) is 12.2 Å². The summed E-state index contributed by atoms with van der Waals surface area (Å²) in [6.45, 7) is 3.43. The fraction of sp³-hybridized carbons (Fsp3) is 0.486. The van der Waals surface area contributed by atoms with Gasteiger partial charge >= 0.3 is 0 Å². The second kappa shape index (κ2) is 9.86. The number of carbonyl (C=O) groups excluding carboxylic acids is 2. The van der Waals surface area contributed by atoms with Crippen LogP contribution in [-0.2, 0) is 25.5 Å². The summed E-state index contributed by atoms with van der Waals surface area (Å²) < 4.78 is 13.2. The van der Waals surface area contributed by atoms with Crippen LogP contribution in [-0.4, -0.2) is 51.3 Å². The maximum Gasteiger partial charge on any atom is 0.193 e. The summed E-state index contributed by atoms with van der Waals surface area (Å²) in [7, 11) is 0. The number of ketones is 2. The summed E-state index contributed by atoms with van der Waals surface area (Å²) in [6, 6.07) is 12.8. The van der Waals surface area contributed by atoms with Crippen LogP contribution >= 0.6 is 0 Å². The van der Waals surface area contributed by atoms with Gasteiger partial charge in [-0.05, 0) is 79.0 Å². The lowest BCUT2D eigenvalue weighted by Gasteiger charge is -2.59. The van der Waals surface area contributed by atoms with Crippen molar-refractivity contribution in [2.24, 2.45) is 28.6 Å². The Morgan fingerprint density at radius 1 is 1.16 bits per heavy atom. The van der Waals surface area contributed by atoms with Crippen LogP contribution in [0.2, 0.25) is 0 Å². The van der Waals surface area contributed by atoms with Gasteiger partial charge in [-0.15, -0.1) is 0 Å². The molecule has 0 amide bonds. The zero-order valence-corrected chi connectivity index (χ0v) is 24.5. The Balaban J connectivity index is 1.19. The highest BCUT2D eigenvalue weighted by atomic mass is 16.7. The minimum absolute atomic E-state index is 0.0133. The molecule has 1 aliphatic heterocycles. The standard InChI is InChI=1S/C35H39NO7/c1-33-11-10-24(38)15-22(33)8-9-25-26-16-30-35(29(41)18-37,34(26,2)17-28(40)31(25)33)43-32(42-30)21-7-6-20(27(39)14-21)12-19-4-3-5-23(36)13-19/h3-7,10-11,13-15,25-26,28,30-32,37,39-40H,8-9,12,16-18,36H2,1-2H3/t25-,26-,28-,30+,31+,32+,33-,34-,35+/m0/s1. The summed E-state index contributed by atoms with van der Waals surface area (Å²) in [4.78, 5) is 25.9. The number of phenols is 1. The van der Waals surface area contributed by atoms with Gasteiger partial charge in [-0.1, -0.05) is 49.8 Å². The highest BCUT2D eigenvalue weighted by Gasteiger charge is 2.75. The first kappa shape index (κ1) is 28.5. The Bertz CT molecular complexity index is 1560. The van der Waals surface area contributed by atoms with Gasteiger partial charge < -0.3 is 30.5 Å². The minimum Gasteiger partial charge on any atom is -0.508 e. The molecule has 0 aromatic heterocycles. The fourth-order valence-electron chi connectivity index (χ4n) is 9.63. The number of nitrogen functional groups attached to an aromatic ring is 1. The number of carbonyl (C=O) groups is 2. The number of aliphatic hydroxyl groups excluding tert-OH is 2. The van der Waals surface area contributed by atoms with Gasteiger partial charge in [0.15, 0.2) is 23.5 Å². The van der Waals surface area contributed by atoms with E-state index < -0.39 is 47.3 Å². The molecule has 226 valence electrons. The Morgan fingerprint density at radius 2 is 1.98 bits per heavy atom. The zero-order chi connectivity index (χ0) is 30.3. The summed E-state index contributed by atoms with van der Waals surface area (Å²) in [5.74, 6) is -0.366. The summed E-state index contributed by atoms with van der Waals surface area (Å²) in [5, 5.41) is 32.9. The van der Waals surface area contributed by atoms with Crippen molar-refractivity contribution in [1.29, 1.82) is 0 Å². The molecule has 0 radical (unpaired) electrons. The molecule has 3 saturated carbocycles. The Hall–Kier alpha value is -3.30. The van der Waals surface area contributed by atoms with Crippen molar-refractivity contribution in [2.75, 3.05) is 12.3 Å². The highest BCUT2D eigenvalue weighted by molar-refractivity contribution is 6.01. The lowest BCUT2D eigenvalue weighted by atomic mass is 9.46. The van der Waals surface area contributed by atoms with E-state index in [-0.39, 0.29) is 29.3 Å².